The minimum absolute atomic E-state index is 0.0411. The fourth-order valence-corrected chi connectivity index (χ4v) is 6.71. The largest absolute Gasteiger partial charge is 0.464 e. The van der Waals surface area contributed by atoms with E-state index in [0.717, 1.165) is 43.1 Å². The number of esters is 1. The van der Waals surface area contributed by atoms with Crippen LogP contribution in [0.4, 0.5) is 5.69 Å². The number of amides is 1. The number of carbonyl (C=O) groups excluding carboxylic acids is 2. The predicted molar refractivity (Wildman–Crippen MR) is 150 cm³/mol. The number of sulfonamides is 1. The number of fused-ring (bicyclic) bond motifs is 1. The van der Waals surface area contributed by atoms with Crippen molar-refractivity contribution in [2.24, 2.45) is 7.05 Å². The summed E-state index contributed by atoms with van der Waals surface area (Å²) in [6.45, 7) is 3.08. The van der Waals surface area contributed by atoms with E-state index in [2.05, 4.69) is 0 Å². The third-order valence-corrected chi connectivity index (χ3v) is 8.78. The fraction of sp³-hybridized carbons (Fsp3) is 0.407. The predicted octanol–water partition coefficient (Wildman–Crippen LogP) is 5.65. The third-order valence-electron chi connectivity index (χ3n) is 6.59. The molecule has 1 amide bonds. The highest BCUT2D eigenvalue weighted by atomic mass is 35.5. The van der Waals surface area contributed by atoms with Crippen molar-refractivity contribution in [1.29, 1.82) is 0 Å². The molecule has 1 aliphatic heterocycles. The van der Waals surface area contributed by atoms with Gasteiger partial charge < -0.3 is 14.2 Å². The first-order valence-electron chi connectivity index (χ1n) is 12.6. The Morgan fingerprint density at radius 3 is 2.37 bits per heavy atom. The van der Waals surface area contributed by atoms with Crippen LogP contribution in [-0.4, -0.2) is 56.0 Å². The second-order valence-corrected chi connectivity index (χ2v) is 12.1. The van der Waals surface area contributed by atoms with Crippen LogP contribution in [0.2, 0.25) is 10.0 Å². The van der Waals surface area contributed by atoms with E-state index < -0.39 is 22.5 Å². The zero-order valence-electron chi connectivity index (χ0n) is 21.5. The van der Waals surface area contributed by atoms with Crippen molar-refractivity contribution in [3.63, 3.8) is 0 Å². The maximum absolute atomic E-state index is 13.8. The van der Waals surface area contributed by atoms with Crippen LogP contribution in [0.25, 0.3) is 10.9 Å². The SMILES string of the molecule is CCCCOC(=O)CN(c1ccc2c(C(=O)N3CCCCC3)cn(C)c2c1)S(=O)(=O)c1cc(Cl)cc(Cl)c1. The smallest absolute Gasteiger partial charge is 0.326 e. The van der Waals surface area contributed by atoms with E-state index in [1.54, 1.807) is 36.0 Å². The molecule has 2 heterocycles. The van der Waals surface area contributed by atoms with Crippen LogP contribution in [0.3, 0.4) is 0 Å². The number of ether oxygens (including phenoxy) is 1. The van der Waals surface area contributed by atoms with E-state index in [9.17, 15) is 18.0 Å². The Morgan fingerprint density at radius 2 is 1.71 bits per heavy atom. The zero-order valence-corrected chi connectivity index (χ0v) is 23.8. The molecule has 1 saturated heterocycles. The average molecular weight is 581 g/mol. The van der Waals surface area contributed by atoms with E-state index in [1.807, 2.05) is 11.8 Å². The Labute approximate surface area is 233 Å². The van der Waals surface area contributed by atoms with Crippen molar-refractivity contribution in [3.8, 4) is 0 Å². The molecule has 0 bridgehead atoms. The molecule has 1 fully saturated rings. The van der Waals surface area contributed by atoms with Crippen LogP contribution in [0.1, 0.15) is 49.4 Å². The summed E-state index contributed by atoms with van der Waals surface area (Å²) in [7, 11) is -2.45. The highest BCUT2D eigenvalue weighted by Crippen LogP contribution is 2.32. The summed E-state index contributed by atoms with van der Waals surface area (Å²) < 4.78 is 35.6. The van der Waals surface area contributed by atoms with E-state index in [0.29, 0.717) is 22.9 Å². The fourth-order valence-electron chi connectivity index (χ4n) is 4.58. The average Bonchev–Trinajstić information content (AvgIpc) is 3.22. The first kappa shape index (κ1) is 28.3. The van der Waals surface area contributed by atoms with Gasteiger partial charge in [0.1, 0.15) is 6.54 Å². The lowest BCUT2D eigenvalue weighted by Gasteiger charge is -2.26. The van der Waals surface area contributed by atoms with Crippen molar-refractivity contribution in [1.82, 2.24) is 9.47 Å². The summed E-state index contributed by atoms with van der Waals surface area (Å²) in [6.07, 6.45) is 6.35. The molecule has 38 heavy (non-hydrogen) atoms. The molecule has 0 aliphatic carbocycles. The van der Waals surface area contributed by atoms with Crippen LogP contribution < -0.4 is 4.31 Å². The molecular formula is C27H31Cl2N3O5S. The molecule has 0 atom stereocenters. The first-order chi connectivity index (χ1) is 18.1. The van der Waals surface area contributed by atoms with Crippen LogP contribution in [0, 0.1) is 0 Å². The van der Waals surface area contributed by atoms with Crippen LogP contribution >= 0.6 is 23.2 Å². The van der Waals surface area contributed by atoms with E-state index in [-0.39, 0.29) is 33.1 Å². The van der Waals surface area contributed by atoms with Gasteiger partial charge in [0.05, 0.1) is 28.3 Å². The van der Waals surface area contributed by atoms with Crippen LogP contribution in [0.5, 0.6) is 0 Å². The Bertz CT molecular complexity index is 1430. The van der Waals surface area contributed by atoms with Gasteiger partial charge in [0.25, 0.3) is 15.9 Å². The summed E-state index contributed by atoms with van der Waals surface area (Å²) in [5.41, 5.74) is 1.47. The van der Waals surface area contributed by atoms with Crippen molar-refractivity contribution in [2.75, 3.05) is 30.5 Å². The van der Waals surface area contributed by atoms with Gasteiger partial charge in [-0.25, -0.2) is 8.42 Å². The number of anilines is 1. The van der Waals surface area contributed by atoms with E-state index >= 15 is 0 Å². The number of aromatic nitrogens is 1. The second-order valence-electron chi connectivity index (χ2n) is 9.40. The van der Waals surface area contributed by atoms with Crippen LogP contribution in [0.15, 0.2) is 47.5 Å². The molecular weight excluding hydrogens is 549 g/mol. The number of rotatable bonds is 9. The van der Waals surface area contributed by atoms with Crippen molar-refractivity contribution in [3.05, 3.63) is 58.2 Å². The molecule has 204 valence electrons. The number of nitrogens with zero attached hydrogens (tertiary/aromatic N) is 3. The number of benzene rings is 2. The number of carbonyl (C=O) groups is 2. The molecule has 8 nitrogen and oxygen atoms in total. The number of hydrogen-bond donors (Lipinski definition) is 0. The molecule has 0 radical (unpaired) electrons. The number of hydrogen-bond acceptors (Lipinski definition) is 5. The molecule has 1 aromatic heterocycles. The van der Waals surface area contributed by atoms with Crippen molar-refractivity contribution in [2.45, 2.75) is 43.9 Å². The summed E-state index contributed by atoms with van der Waals surface area (Å²) in [5.74, 6) is -0.719. The van der Waals surface area contributed by atoms with Gasteiger partial charge in [-0.1, -0.05) is 36.5 Å². The number of halogens is 2. The van der Waals surface area contributed by atoms with Crippen molar-refractivity contribution >= 4 is 61.7 Å². The summed E-state index contributed by atoms with van der Waals surface area (Å²) in [6, 6.07) is 8.98. The first-order valence-corrected chi connectivity index (χ1v) is 14.8. The topological polar surface area (TPSA) is 88.9 Å². The maximum Gasteiger partial charge on any atom is 0.326 e. The second kappa shape index (κ2) is 12.0. The lowest BCUT2D eigenvalue weighted by molar-refractivity contribution is -0.141. The van der Waals surface area contributed by atoms with Crippen molar-refractivity contribution < 1.29 is 22.7 Å². The van der Waals surface area contributed by atoms with Gasteiger partial charge in [-0.15, -0.1) is 0 Å². The Hall–Kier alpha value is -2.75. The standard InChI is InChI=1S/C27H31Cl2N3O5S/c1-3-4-12-37-26(33)18-32(38(35,36)22-14-19(28)13-20(29)15-22)21-8-9-23-24(17-30(2)25(23)16-21)27(34)31-10-6-5-7-11-31/h8-9,13-17H,3-7,10-12,18H2,1-2H3. The lowest BCUT2D eigenvalue weighted by atomic mass is 10.1. The van der Waals surface area contributed by atoms with Gasteiger partial charge in [-0.3, -0.25) is 13.9 Å². The Balaban J connectivity index is 1.75. The maximum atomic E-state index is 13.8. The van der Waals surface area contributed by atoms with Gasteiger partial charge in [-0.2, -0.15) is 0 Å². The quantitative estimate of drug-likeness (QED) is 0.241. The monoisotopic (exact) mass is 579 g/mol. The Kier molecular flexibility index (Phi) is 8.90. The highest BCUT2D eigenvalue weighted by molar-refractivity contribution is 7.92. The molecule has 0 unspecified atom stereocenters. The van der Waals surface area contributed by atoms with Gasteiger partial charge in [0.15, 0.2) is 0 Å². The normalized spacial score (nSPS) is 14.1. The third kappa shape index (κ3) is 6.11. The number of likely N-dealkylation sites (tertiary alicyclic amines) is 1. The zero-order chi connectivity index (χ0) is 27.4. The molecule has 0 saturated carbocycles. The van der Waals surface area contributed by atoms with E-state index in [1.165, 1.54) is 18.2 Å². The van der Waals surface area contributed by atoms with E-state index in [4.69, 9.17) is 27.9 Å². The molecule has 2 aromatic carbocycles. The van der Waals surface area contributed by atoms with Gasteiger partial charge in [-0.05, 0) is 62.1 Å². The molecule has 0 N–H and O–H groups in total. The van der Waals surface area contributed by atoms with Gasteiger partial charge in [0, 0.05) is 41.8 Å². The van der Waals surface area contributed by atoms with Crippen LogP contribution in [-0.2, 0) is 26.6 Å². The lowest BCUT2D eigenvalue weighted by Crippen LogP contribution is -2.36. The molecule has 11 heteroatoms. The molecule has 0 spiro atoms. The van der Waals surface area contributed by atoms with Gasteiger partial charge >= 0.3 is 5.97 Å². The highest BCUT2D eigenvalue weighted by Gasteiger charge is 2.30. The van der Waals surface area contributed by atoms with Gasteiger partial charge in [0.2, 0.25) is 0 Å². The summed E-state index contributed by atoms with van der Waals surface area (Å²) >= 11 is 12.2. The molecule has 3 aromatic rings. The number of unbranched alkanes of at least 4 members (excludes halogenated alkanes) is 1. The summed E-state index contributed by atoms with van der Waals surface area (Å²) in [4.78, 5) is 27.6. The number of aryl methyl sites for hydroxylation is 1. The Morgan fingerprint density at radius 1 is 1.03 bits per heavy atom. The molecule has 4 rings (SSSR count). The minimum Gasteiger partial charge on any atom is -0.464 e. The minimum atomic E-state index is -4.25. The summed E-state index contributed by atoms with van der Waals surface area (Å²) in [5, 5.41) is 1.01. The molecule has 1 aliphatic rings. The number of piperidine rings is 1.